The van der Waals surface area contributed by atoms with Crippen molar-refractivity contribution in [2.24, 2.45) is 11.7 Å². The summed E-state index contributed by atoms with van der Waals surface area (Å²) in [7, 11) is 1.67. The molecule has 1 saturated heterocycles. The Morgan fingerprint density at radius 1 is 1.80 bits per heavy atom. The van der Waals surface area contributed by atoms with E-state index in [0.717, 1.165) is 0 Å². The Balaban J connectivity index is 2.57. The minimum Gasteiger partial charge on any atom is -0.369 e. The van der Waals surface area contributed by atoms with E-state index >= 15 is 0 Å². The van der Waals surface area contributed by atoms with Crippen molar-refractivity contribution in [3.8, 4) is 0 Å². The molecular weight excluding hydrogens is 132 g/mol. The first-order valence-corrected chi connectivity index (χ1v) is 3.14. The quantitative estimate of drug-likeness (QED) is 0.507. The number of amides is 2. The molecule has 1 aliphatic rings. The molecule has 10 heavy (non-hydrogen) atoms. The van der Waals surface area contributed by atoms with Gasteiger partial charge in [-0.1, -0.05) is 0 Å². The lowest BCUT2D eigenvalue weighted by molar-refractivity contribution is -0.127. The van der Waals surface area contributed by atoms with Gasteiger partial charge in [-0.25, -0.2) is 0 Å². The van der Waals surface area contributed by atoms with Crippen LogP contribution in [0.15, 0.2) is 0 Å². The molecule has 0 aromatic heterocycles. The molecule has 1 rings (SSSR count). The van der Waals surface area contributed by atoms with E-state index in [-0.39, 0.29) is 24.2 Å². The van der Waals surface area contributed by atoms with Crippen molar-refractivity contribution in [2.45, 2.75) is 6.42 Å². The summed E-state index contributed by atoms with van der Waals surface area (Å²) in [4.78, 5) is 22.9. The molecule has 0 saturated carbocycles. The van der Waals surface area contributed by atoms with Gasteiger partial charge in [0.2, 0.25) is 11.8 Å². The van der Waals surface area contributed by atoms with Gasteiger partial charge in [0.1, 0.15) is 0 Å². The van der Waals surface area contributed by atoms with Gasteiger partial charge in [0.25, 0.3) is 0 Å². The molecule has 1 fully saturated rings. The highest BCUT2D eigenvalue weighted by atomic mass is 16.2. The highest BCUT2D eigenvalue weighted by Crippen LogP contribution is 2.14. The first-order chi connectivity index (χ1) is 4.61. The van der Waals surface area contributed by atoms with Crippen LogP contribution >= 0.6 is 0 Å². The molecule has 56 valence electrons. The van der Waals surface area contributed by atoms with E-state index < -0.39 is 0 Å². The lowest BCUT2D eigenvalue weighted by Gasteiger charge is -2.05. The van der Waals surface area contributed by atoms with E-state index in [9.17, 15) is 9.59 Å². The Morgan fingerprint density at radius 3 is 2.60 bits per heavy atom. The fraction of sp³-hybridized carbons (Fsp3) is 0.667. The number of carbonyl (C=O) groups is 2. The molecule has 0 radical (unpaired) electrons. The summed E-state index contributed by atoms with van der Waals surface area (Å²) < 4.78 is 0. The maximum Gasteiger partial charge on any atom is 0.223 e. The topological polar surface area (TPSA) is 63.4 Å². The fourth-order valence-electron chi connectivity index (χ4n) is 1.05. The molecular formula is C6H10N2O2. The zero-order valence-electron chi connectivity index (χ0n) is 5.83. The molecule has 1 unspecified atom stereocenters. The third-order valence-corrected chi connectivity index (χ3v) is 1.74. The Kier molecular flexibility index (Phi) is 1.61. The molecule has 0 spiro atoms. The van der Waals surface area contributed by atoms with Crippen LogP contribution in [0.1, 0.15) is 6.42 Å². The highest BCUT2D eigenvalue weighted by molar-refractivity contribution is 5.88. The lowest BCUT2D eigenvalue weighted by atomic mass is 10.1. The van der Waals surface area contributed by atoms with Crippen LogP contribution in [0.25, 0.3) is 0 Å². The van der Waals surface area contributed by atoms with Gasteiger partial charge in [-0.2, -0.15) is 0 Å². The van der Waals surface area contributed by atoms with E-state index in [1.54, 1.807) is 7.05 Å². The van der Waals surface area contributed by atoms with Crippen LogP contribution in [0.2, 0.25) is 0 Å². The smallest absolute Gasteiger partial charge is 0.223 e. The van der Waals surface area contributed by atoms with E-state index in [1.165, 1.54) is 4.90 Å². The third-order valence-electron chi connectivity index (χ3n) is 1.74. The van der Waals surface area contributed by atoms with E-state index in [1.807, 2.05) is 0 Å². The van der Waals surface area contributed by atoms with Gasteiger partial charge >= 0.3 is 0 Å². The second-order valence-electron chi connectivity index (χ2n) is 2.58. The van der Waals surface area contributed by atoms with Crippen LogP contribution in [0.5, 0.6) is 0 Å². The minimum atomic E-state index is -0.377. The summed E-state index contributed by atoms with van der Waals surface area (Å²) in [6.45, 7) is 0.480. The normalized spacial score (nSPS) is 25.5. The van der Waals surface area contributed by atoms with Crippen molar-refractivity contribution in [2.75, 3.05) is 13.6 Å². The largest absolute Gasteiger partial charge is 0.369 e. The summed E-state index contributed by atoms with van der Waals surface area (Å²) in [6, 6.07) is 0. The molecule has 4 heteroatoms. The number of rotatable bonds is 1. The van der Waals surface area contributed by atoms with Gasteiger partial charge in [-0.3, -0.25) is 9.59 Å². The molecule has 1 aliphatic heterocycles. The van der Waals surface area contributed by atoms with Crippen LogP contribution in [-0.2, 0) is 9.59 Å². The van der Waals surface area contributed by atoms with Gasteiger partial charge < -0.3 is 10.6 Å². The zero-order valence-corrected chi connectivity index (χ0v) is 5.83. The van der Waals surface area contributed by atoms with Crippen LogP contribution in [0, 0.1) is 5.92 Å². The van der Waals surface area contributed by atoms with Gasteiger partial charge in [0, 0.05) is 20.0 Å². The molecule has 2 amide bonds. The number of hydrogen-bond acceptors (Lipinski definition) is 2. The van der Waals surface area contributed by atoms with Crippen LogP contribution < -0.4 is 5.73 Å². The van der Waals surface area contributed by atoms with E-state index in [4.69, 9.17) is 5.73 Å². The molecule has 4 nitrogen and oxygen atoms in total. The summed E-state index contributed by atoms with van der Waals surface area (Å²) in [5, 5.41) is 0. The molecule has 0 aromatic carbocycles. The van der Waals surface area contributed by atoms with Crippen molar-refractivity contribution in [1.82, 2.24) is 4.90 Å². The second kappa shape index (κ2) is 2.28. The zero-order chi connectivity index (χ0) is 7.72. The van der Waals surface area contributed by atoms with Crippen molar-refractivity contribution in [3.05, 3.63) is 0 Å². The van der Waals surface area contributed by atoms with E-state index in [0.29, 0.717) is 6.54 Å². The van der Waals surface area contributed by atoms with E-state index in [2.05, 4.69) is 0 Å². The summed E-state index contributed by atoms with van der Waals surface area (Å²) in [6.07, 6.45) is 0.284. The van der Waals surface area contributed by atoms with Crippen LogP contribution in [-0.4, -0.2) is 30.3 Å². The number of primary amides is 1. The van der Waals surface area contributed by atoms with Crippen molar-refractivity contribution >= 4 is 11.8 Å². The molecule has 0 aliphatic carbocycles. The second-order valence-corrected chi connectivity index (χ2v) is 2.58. The minimum absolute atomic E-state index is 0.00352. The Bertz CT molecular complexity index is 179. The first kappa shape index (κ1) is 7.05. The first-order valence-electron chi connectivity index (χ1n) is 3.14. The highest BCUT2D eigenvalue weighted by Gasteiger charge is 2.30. The predicted octanol–water partition coefficient (Wildman–Crippen LogP) is -1.05. The molecule has 1 heterocycles. The predicted molar refractivity (Wildman–Crippen MR) is 34.9 cm³/mol. The lowest BCUT2D eigenvalue weighted by Crippen LogP contribution is -2.25. The molecule has 1 atom stereocenters. The number of likely N-dealkylation sites (tertiary alicyclic amines) is 1. The maximum absolute atomic E-state index is 10.8. The Hall–Kier alpha value is -1.06. The third kappa shape index (κ3) is 1.10. The van der Waals surface area contributed by atoms with Crippen molar-refractivity contribution in [1.29, 1.82) is 0 Å². The van der Waals surface area contributed by atoms with Crippen LogP contribution in [0.4, 0.5) is 0 Å². The number of carbonyl (C=O) groups excluding carboxylic acids is 2. The number of hydrogen-bond donors (Lipinski definition) is 1. The number of nitrogens with two attached hydrogens (primary N) is 1. The maximum atomic E-state index is 10.8. The summed E-state index contributed by atoms with van der Waals surface area (Å²) in [5.74, 6) is -0.640. The monoisotopic (exact) mass is 142 g/mol. The van der Waals surface area contributed by atoms with Gasteiger partial charge in [0.15, 0.2) is 0 Å². The Labute approximate surface area is 59.0 Å². The summed E-state index contributed by atoms with van der Waals surface area (Å²) in [5.41, 5.74) is 5.00. The molecule has 2 N–H and O–H groups in total. The van der Waals surface area contributed by atoms with Crippen molar-refractivity contribution in [3.63, 3.8) is 0 Å². The van der Waals surface area contributed by atoms with Crippen molar-refractivity contribution < 1.29 is 9.59 Å². The molecule has 0 aromatic rings. The van der Waals surface area contributed by atoms with Gasteiger partial charge in [-0.05, 0) is 0 Å². The number of nitrogens with zero attached hydrogens (tertiary/aromatic N) is 1. The average molecular weight is 142 g/mol. The van der Waals surface area contributed by atoms with Crippen LogP contribution in [0.3, 0.4) is 0 Å². The fourth-order valence-corrected chi connectivity index (χ4v) is 1.05. The SMILES string of the molecule is CN1CC(C(N)=O)CC1=O. The van der Waals surface area contributed by atoms with Gasteiger partial charge in [0.05, 0.1) is 5.92 Å². The summed E-state index contributed by atoms with van der Waals surface area (Å²) >= 11 is 0. The molecule has 0 bridgehead atoms. The Morgan fingerprint density at radius 2 is 2.40 bits per heavy atom. The average Bonchev–Trinajstić information content (AvgIpc) is 2.13. The standard InChI is InChI=1S/C6H10N2O2/c1-8-3-4(6(7)10)2-5(8)9/h4H,2-3H2,1H3,(H2,7,10). The van der Waals surface area contributed by atoms with Gasteiger partial charge in [-0.15, -0.1) is 0 Å².